The average Bonchev–Trinajstić information content (AvgIpc) is 2.79. The molecule has 0 spiro atoms. The van der Waals surface area contributed by atoms with E-state index in [1.165, 1.54) is 22.6 Å². The van der Waals surface area contributed by atoms with Crippen molar-refractivity contribution in [1.82, 2.24) is 0 Å². The van der Waals surface area contributed by atoms with E-state index in [-0.39, 0.29) is 40.0 Å². The number of hydrogen-bond acceptors (Lipinski definition) is 2. The number of alkyl halides is 12. The van der Waals surface area contributed by atoms with Gasteiger partial charge in [0.25, 0.3) is 0 Å². The van der Waals surface area contributed by atoms with Gasteiger partial charge in [-0.3, -0.25) is 9.59 Å². The molecule has 0 amide bonds. The Bertz CT molecular complexity index is 1280. The quantitative estimate of drug-likeness (QED) is 0.157. The van der Waals surface area contributed by atoms with Crippen LogP contribution in [0.5, 0.6) is 0 Å². The van der Waals surface area contributed by atoms with Crippen molar-refractivity contribution >= 4 is 34.2 Å². The van der Waals surface area contributed by atoms with Crippen LogP contribution in [0.4, 0.5) is 52.7 Å². The largest absolute Gasteiger partial charge is 0.416 e. The molecule has 0 saturated carbocycles. The number of rotatable bonds is 4. The first-order valence-corrected chi connectivity index (χ1v) is 11.1. The molecule has 0 aliphatic heterocycles. The Kier molecular flexibility index (Phi) is 7.91. The van der Waals surface area contributed by atoms with Crippen molar-refractivity contribution < 1.29 is 62.3 Å². The van der Waals surface area contributed by atoms with Gasteiger partial charge < -0.3 is 0 Å². The Labute approximate surface area is 223 Å². The first kappa shape index (κ1) is 30.4. The lowest BCUT2D eigenvalue weighted by Crippen LogP contribution is -2.15. The summed E-state index contributed by atoms with van der Waals surface area (Å²) in [7, 11) is 0. The zero-order valence-electron chi connectivity index (χ0n) is 18.4. The minimum absolute atomic E-state index is 0.0205. The van der Waals surface area contributed by atoms with E-state index in [1.807, 2.05) is 0 Å². The van der Waals surface area contributed by atoms with Crippen molar-refractivity contribution in [3.63, 3.8) is 0 Å². The van der Waals surface area contributed by atoms with Crippen LogP contribution in [0, 0.1) is 3.57 Å². The molecule has 0 fully saturated rings. The maximum atomic E-state index is 13.2. The highest BCUT2D eigenvalue weighted by Crippen LogP contribution is 2.38. The highest BCUT2D eigenvalue weighted by Gasteiger charge is 2.39. The number of hydrogen-bond donors (Lipinski definition) is 0. The van der Waals surface area contributed by atoms with E-state index in [9.17, 15) is 62.3 Å². The molecule has 0 heterocycles. The van der Waals surface area contributed by atoms with Crippen LogP contribution < -0.4 is 0 Å². The Morgan fingerprint density at radius 1 is 0.410 bits per heavy atom. The molecule has 3 aromatic carbocycles. The second-order valence-electron chi connectivity index (χ2n) is 7.98. The Morgan fingerprint density at radius 2 is 0.641 bits per heavy atom. The molecular formula is C24H9F12IO2. The summed E-state index contributed by atoms with van der Waals surface area (Å²) in [6, 6.07) is 2.69. The molecular weight excluding hydrogens is 675 g/mol. The van der Waals surface area contributed by atoms with Gasteiger partial charge in [-0.05, 0) is 77.2 Å². The minimum atomic E-state index is -5.28. The average molecular weight is 684 g/mol. The molecule has 0 atom stereocenters. The van der Waals surface area contributed by atoms with Gasteiger partial charge in [-0.15, -0.1) is 0 Å². The molecule has 3 rings (SSSR count). The number of benzene rings is 3. The highest BCUT2D eigenvalue weighted by atomic mass is 127. The lowest BCUT2D eigenvalue weighted by molar-refractivity contribution is -0.144. The lowest BCUT2D eigenvalue weighted by Gasteiger charge is -2.15. The first-order chi connectivity index (χ1) is 17.6. The second-order valence-corrected chi connectivity index (χ2v) is 9.22. The number of halogens is 13. The molecule has 15 heteroatoms. The van der Waals surface area contributed by atoms with E-state index in [0.29, 0.717) is 6.07 Å². The molecule has 0 aliphatic rings. The summed E-state index contributed by atoms with van der Waals surface area (Å²) in [5.41, 5.74) is -10.6. The molecule has 0 bridgehead atoms. The zero-order valence-corrected chi connectivity index (χ0v) is 20.6. The summed E-state index contributed by atoms with van der Waals surface area (Å²) < 4.78 is 158. The van der Waals surface area contributed by atoms with Crippen LogP contribution in [-0.2, 0) is 24.7 Å². The van der Waals surface area contributed by atoms with Gasteiger partial charge in [0.2, 0.25) is 0 Å². The summed E-state index contributed by atoms with van der Waals surface area (Å²) in [5, 5.41) is 0. The maximum Gasteiger partial charge on any atom is 0.416 e. The van der Waals surface area contributed by atoms with Gasteiger partial charge in [0.15, 0.2) is 11.6 Å². The number of carbonyl (C=O) groups is 2. The van der Waals surface area contributed by atoms with Crippen LogP contribution in [0.25, 0.3) is 0 Å². The van der Waals surface area contributed by atoms with Gasteiger partial charge in [-0.25, -0.2) is 0 Å². The highest BCUT2D eigenvalue weighted by molar-refractivity contribution is 14.1. The van der Waals surface area contributed by atoms with Gasteiger partial charge in [0.1, 0.15) is 0 Å². The molecule has 2 nitrogen and oxygen atoms in total. The second kappa shape index (κ2) is 10.1. The fraction of sp³-hybridized carbons (Fsp3) is 0.167. The molecule has 0 radical (unpaired) electrons. The minimum Gasteiger partial charge on any atom is -0.289 e. The van der Waals surface area contributed by atoms with Crippen LogP contribution >= 0.6 is 22.6 Å². The normalized spacial score (nSPS) is 12.9. The van der Waals surface area contributed by atoms with Crippen LogP contribution in [0.1, 0.15) is 54.1 Å². The predicted molar refractivity (Wildman–Crippen MR) is 119 cm³/mol. The summed E-state index contributed by atoms with van der Waals surface area (Å²) in [5.74, 6) is -2.83. The van der Waals surface area contributed by atoms with Gasteiger partial charge in [0, 0.05) is 25.8 Å². The van der Waals surface area contributed by atoms with Crippen LogP contribution in [0.3, 0.4) is 0 Å². The molecule has 208 valence electrons. The third-order valence-electron chi connectivity index (χ3n) is 5.12. The van der Waals surface area contributed by atoms with Crippen molar-refractivity contribution in [2.45, 2.75) is 24.7 Å². The van der Waals surface area contributed by atoms with Crippen molar-refractivity contribution in [2.75, 3.05) is 0 Å². The van der Waals surface area contributed by atoms with Gasteiger partial charge in [-0.1, -0.05) is 0 Å². The Morgan fingerprint density at radius 3 is 0.872 bits per heavy atom. The summed E-state index contributed by atoms with van der Waals surface area (Å²) >= 11 is 1.49. The fourth-order valence-electron chi connectivity index (χ4n) is 3.36. The summed E-state index contributed by atoms with van der Waals surface area (Å²) in [4.78, 5) is 25.8. The molecule has 0 saturated heterocycles. The van der Waals surface area contributed by atoms with Gasteiger partial charge in [0.05, 0.1) is 22.3 Å². The monoisotopic (exact) mass is 684 g/mol. The van der Waals surface area contributed by atoms with E-state index >= 15 is 0 Å². The predicted octanol–water partition coefficient (Wildman–Crippen LogP) is 8.83. The fourth-order valence-corrected chi connectivity index (χ4v) is 4.03. The number of carbonyl (C=O) groups excluding carboxylic acids is 2. The van der Waals surface area contributed by atoms with E-state index in [1.54, 1.807) is 0 Å². The zero-order chi connectivity index (χ0) is 29.7. The lowest BCUT2D eigenvalue weighted by atomic mass is 9.94. The van der Waals surface area contributed by atoms with Crippen molar-refractivity contribution in [1.29, 1.82) is 0 Å². The Balaban J connectivity index is 2.15. The van der Waals surface area contributed by atoms with Crippen molar-refractivity contribution in [2.24, 2.45) is 0 Å². The number of ketones is 2. The van der Waals surface area contributed by atoms with Crippen LogP contribution in [0.2, 0.25) is 0 Å². The molecule has 39 heavy (non-hydrogen) atoms. The molecule has 0 aliphatic carbocycles. The first-order valence-electron chi connectivity index (χ1n) is 10.1. The third-order valence-corrected chi connectivity index (χ3v) is 5.74. The van der Waals surface area contributed by atoms with Crippen LogP contribution in [-0.4, -0.2) is 11.6 Å². The van der Waals surface area contributed by atoms with Crippen molar-refractivity contribution in [3.8, 4) is 0 Å². The third kappa shape index (κ3) is 7.10. The maximum absolute atomic E-state index is 13.2. The van der Waals surface area contributed by atoms with Gasteiger partial charge in [-0.2, -0.15) is 52.7 Å². The van der Waals surface area contributed by atoms with Crippen LogP contribution in [0.15, 0.2) is 54.6 Å². The smallest absolute Gasteiger partial charge is 0.289 e. The van der Waals surface area contributed by atoms with E-state index in [4.69, 9.17) is 0 Å². The molecule has 0 aromatic heterocycles. The molecule has 0 N–H and O–H groups in total. The summed E-state index contributed by atoms with van der Waals surface area (Å²) in [6.07, 6.45) is -21.1. The van der Waals surface area contributed by atoms with Gasteiger partial charge >= 0.3 is 24.7 Å². The van der Waals surface area contributed by atoms with E-state index < -0.39 is 80.8 Å². The molecule has 0 unspecified atom stereocenters. The topological polar surface area (TPSA) is 34.1 Å². The SMILES string of the molecule is O=C(c1cc(I)cc(C(=O)c2cc(C(F)(F)F)cc(C(F)(F)F)c2)c1)c1cc(C(F)(F)F)cc(C(F)(F)F)c1. The summed E-state index contributed by atoms with van der Waals surface area (Å²) in [6.45, 7) is 0. The Hall–Kier alpha value is -3.11. The van der Waals surface area contributed by atoms with E-state index in [2.05, 4.69) is 0 Å². The standard InChI is InChI=1S/C24H9F12IO2/c25-21(26,27)14-2-12(3-15(8-14)22(28,29)30)19(38)10-1-11(7-18(37)6-10)20(39)13-4-16(23(31,32)33)9-17(5-13)24(34,35)36/h1-9H. The van der Waals surface area contributed by atoms with Crippen molar-refractivity contribution in [3.05, 3.63) is 103 Å². The van der Waals surface area contributed by atoms with E-state index in [0.717, 1.165) is 12.1 Å². The molecule has 3 aromatic rings.